The monoisotopic (exact) mass is 233 g/mol. The lowest BCUT2D eigenvalue weighted by Gasteiger charge is -2.37. The van der Waals surface area contributed by atoms with E-state index in [2.05, 4.69) is 36.1 Å². The first-order valence-corrected chi connectivity index (χ1v) is 6.76. The van der Waals surface area contributed by atoms with Crippen LogP contribution < -0.4 is 9.64 Å². The number of nitrogens with zero attached hydrogens (tertiary/aromatic N) is 1. The minimum absolute atomic E-state index is 0.738. The Morgan fingerprint density at radius 2 is 2.00 bits per heavy atom. The Hall–Kier alpha value is -1.18. The third-order valence-corrected chi connectivity index (χ3v) is 3.65. The number of rotatable bonds is 4. The lowest BCUT2D eigenvalue weighted by Crippen LogP contribution is -2.39. The molecule has 94 valence electrons. The Bertz CT molecular complexity index is 331. The van der Waals surface area contributed by atoms with Crippen LogP contribution >= 0.6 is 0 Å². The van der Waals surface area contributed by atoms with Gasteiger partial charge in [-0.2, -0.15) is 0 Å². The second kappa shape index (κ2) is 5.95. The van der Waals surface area contributed by atoms with Crippen molar-refractivity contribution < 1.29 is 4.74 Å². The summed E-state index contributed by atoms with van der Waals surface area (Å²) in [4.78, 5) is 2.58. The van der Waals surface area contributed by atoms with E-state index in [1.54, 1.807) is 7.11 Å². The second-order valence-corrected chi connectivity index (χ2v) is 4.83. The van der Waals surface area contributed by atoms with Crippen molar-refractivity contribution in [3.8, 4) is 5.75 Å². The first kappa shape index (κ1) is 12.3. The zero-order valence-electron chi connectivity index (χ0n) is 11.0. The fraction of sp³-hybridized carbons (Fsp3) is 0.600. The number of hydrogen-bond donors (Lipinski definition) is 0. The maximum Gasteiger partial charge on any atom is 0.119 e. The Kier molecular flexibility index (Phi) is 4.29. The summed E-state index contributed by atoms with van der Waals surface area (Å²) in [6.45, 7) is 3.48. The molecule has 1 aromatic rings. The molecule has 0 aliphatic carbocycles. The van der Waals surface area contributed by atoms with Gasteiger partial charge in [-0.1, -0.05) is 13.3 Å². The maximum atomic E-state index is 5.21. The molecule has 2 nitrogen and oxygen atoms in total. The first-order valence-electron chi connectivity index (χ1n) is 6.76. The molecule has 1 aliphatic rings. The molecule has 0 radical (unpaired) electrons. The normalized spacial score (nSPS) is 20.4. The molecule has 0 spiro atoms. The zero-order chi connectivity index (χ0) is 12.1. The highest BCUT2D eigenvalue weighted by molar-refractivity contribution is 5.50. The highest BCUT2D eigenvalue weighted by atomic mass is 16.5. The highest BCUT2D eigenvalue weighted by Gasteiger charge is 2.21. The van der Waals surface area contributed by atoms with E-state index in [1.165, 1.54) is 44.3 Å². The van der Waals surface area contributed by atoms with Crippen LogP contribution in [0.15, 0.2) is 24.3 Å². The number of anilines is 1. The minimum Gasteiger partial charge on any atom is -0.497 e. The molecule has 1 unspecified atom stereocenters. The molecule has 1 atom stereocenters. The van der Waals surface area contributed by atoms with E-state index < -0.39 is 0 Å². The van der Waals surface area contributed by atoms with Crippen LogP contribution in [0.3, 0.4) is 0 Å². The molecule has 0 saturated carbocycles. The summed E-state index contributed by atoms with van der Waals surface area (Å²) in [6.07, 6.45) is 6.65. The summed E-state index contributed by atoms with van der Waals surface area (Å²) >= 11 is 0. The van der Waals surface area contributed by atoms with E-state index in [1.807, 2.05) is 0 Å². The zero-order valence-corrected chi connectivity index (χ0v) is 11.0. The van der Waals surface area contributed by atoms with Crippen LogP contribution in [-0.2, 0) is 0 Å². The average Bonchev–Trinajstić information content (AvgIpc) is 2.40. The van der Waals surface area contributed by atoms with Gasteiger partial charge in [0.2, 0.25) is 0 Å². The van der Waals surface area contributed by atoms with Crippen LogP contribution in [0.1, 0.15) is 39.0 Å². The lowest BCUT2D eigenvalue weighted by molar-refractivity contribution is 0.414. The third-order valence-electron chi connectivity index (χ3n) is 3.65. The highest BCUT2D eigenvalue weighted by Crippen LogP contribution is 2.28. The molecule has 1 aliphatic heterocycles. The van der Waals surface area contributed by atoms with Crippen LogP contribution in [0.5, 0.6) is 5.75 Å². The van der Waals surface area contributed by atoms with Crippen LogP contribution in [0.2, 0.25) is 0 Å². The molecule has 0 bridgehead atoms. The number of methoxy groups -OCH3 is 1. The molecule has 2 rings (SSSR count). The van der Waals surface area contributed by atoms with E-state index in [0.717, 1.165) is 11.8 Å². The Labute approximate surface area is 105 Å². The Morgan fingerprint density at radius 1 is 1.24 bits per heavy atom. The number of benzene rings is 1. The van der Waals surface area contributed by atoms with E-state index in [-0.39, 0.29) is 0 Å². The van der Waals surface area contributed by atoms with Gasteiger partial charge in [0.1, 0.15) is 5.75 Å². The van der Waals surface area contributed by atoms with Gasteiger partial charge in [0.25, 0.3) is 0 Å². The van der Waals surface area contributed by atoms with E-state index >= 15 is 0 Å². The summed E-state index contributed by atoms with van der Waals surface area (Å²) in [6, 6.07) is 9.24. The van der Waals surface area contributed by atoms with Crippen LogP contribution in [0.4, 0.5) is 5.69 Å². The van der Waals surface area contributed by atoms with E-state index in [4.69, 9.17) is 4.74 Å². The quantitative estimate of drug-likeness (QED) is 0.783. The van der Waals surface area contributed by atoms with Crippen LogP contribution in [0, 0.1) is 0 Å². The van der Waals surface area contributed by atoms with Gasteiger partial charge in [-0.25, -0.2) is 0 Å². The predicted molar refractivity (Wildman–Crippen MR) is 72.9 cm³/mol. The molecule has 0 N–H and O–H groups in total. The number of ether oxygens (including phenoxy) is 1. The molecule has 1 aromatic carbocycles. The van der Waals surface area contributed by atoms with Crippen molar-refractivity contribution in [3.63, 3.8) is 0 Å². The summed E-state index contributed by atoms with van der Waals surface area (Å²) in [5, 5.41) is 0. The number of hydrogen-bond acceptors (Lipinski definition) is 2. The van der Waals surface area contributed by atoms with Gasteiger partial charge in [0.15, 0.2) is 0 Å². The Morgan fingerprint density at radius 3 is 2.65 bits per heavy atom. The fourth-order valence-electron chi connectivity index (χ4n) is 2.75. The molecule has 0 aromatic heterocycles. The van der Waals surface area contributed by atoms with Gasteiger partial charge in [0, 0.05) is 18.3 Å². The molecule has 17 heavy (non-hydrogen) atoms. The fourth-order valence-corrected chi connectivity index (χ4v) is 2.75. The van der Waals surface area contributed by atoms with Crippen molar-refractivity contribution in [1.82, 2.24) is 0 Å². The standard InChI is InChI=1S/C15H23NO/c1-3-6-13-7-4-5-12-16(13)14-8-10-15(17-2)11-9-14/h8-11,13H,3-7,12H2,1-2H3. The van der Waals surface area contributed by atoms with Gasteiger partial charge in [-0.05, 0) is 49.9 Å². The third kappa shape index (κ3) is 2.93. The molecule has 2 heteroatoms. The van der Waals surface area contributed by atoms with Gasteiger partial charge in [0.05, 0.1) is 7.11 Å². The van der Waals surface area contributed by atoms with Gasteiger partial charge in [-0.15, -0.1) is 0 Å². The molecule has 0 amide bonds. The summed E-state index contributed by atoms with van der Waals surface area (Å²) in [5.41, 5.74) is 1.35. The largest absolute Gasteiger partial charge is 0.497 e. The van der Waals surface area contributed by atoms with Crippen molar-refractivity contribution in [2.75, 3.05) is 18.6 Å². The van der Waals surface area contributed by atoms with Crippen molar-refractivity contribution in [3.05, 3.63) is 24.3 Å². The maximum absolute atomic E-state index is 5.21. The molecule has 1 saturated heterocycles. The second-order valence-electron chi connectivity index (χ2n) is 4.83. The van der Waals surface area contributed by atoms with Gasteiger partial charge in [-0.3, -0.25) is 0 Å². The smallest absolute Gasteiger partial charge is 0.119 e. The molecule has 1 fully saturated rings. The van der Waals surface area contributed by atoms with E-state index in [0.29, 0.717) is 0 Å². The topological polar surface area (TPSA) is 12.5 Å². The minimum atomic E-state index is 0.738. The van der Waals surface area contributed by atoms with Crippen molar-refractivity contribution in [2.45, 2.75) is 45.1 Å². The van der Waals surface area contributed by atoms with Crippen molar-refractivity contribution in [1.29, 1.82) is 0 Å². The van der Waals surface area contributed by atoms with E-state index in [9.17, 15) is 0 Å². The van der Waals surface area contributed by atoms with Gasteiger partial charge >= 0.3 is 0 Å². The molecule has 1 heterocycles. The van der Waals surface area contributed by atoms with Crippen LogP contribution in [-0.4, -0.2) is 19.7 Å². The van der Waals surface area contributed by atoms with Crippen molar-refractivity contribution in [2.24, 2.45) is 0 Å². The van der Waals surface area contributed by atoms with Crippen LogP contribution in [0.25, 0.3) is 0 Å². The lowest BCUT2D eigenvalue weighted by atomic mass is 9.97. The Balaban J connectivity index is 2.11. The molecular formula is C15H23NO. The van der Waals surface area contributed by atoms with Crippen molar-refractivity contribution >= 4 is 5.69 Å². The summed E-state index contributed by atoms with van der Waals surface area (Å²) in [7, 11) is 1.72. The first-order chi connectivity index (χ1) is 8.35. The average molecular weight is 233 g/mol. The number of piperidine rings is 1. The SMILES string of the molecule is CCCC1CCCCN1c1ccc(OC)cc1. The predicted octanol–water partition coefficient (Wildman–Crippen LogP) is 3.85. The summed E-state index contributed by atoms with van der Waals surface area (Å²) in [5.74, 6) is 0.942. The van der Waals surface area contributed by atoms with Gasteiger partial charge < -0.3 is 9.64 Å². The molecular weight excluding hydrogens is 210 g/mol. The summed E-state index contributed by atoms with van der Waals surface area (Å²) < 4.78 is 5.21.